The van der Waals surface area contributed by atoms with Crippen LogP contribution in [-0.2, 0) is 16.6 Å². The van der Waals surface area contributed by atoms with E-state index in [0.717, 1.165) is 5.56 Å². The van der Waals surface area contributed by atoms with E-state index < -0.39 is 17.2 Å². The summed E-state index contributed by atoms with van der Waals surface area (Å²) in [7, 11) is 3.79. The smallest absolute Gasteiger partial charge is 0.314 e. The molecule has 3 nitrogen and oxygen atoms in total. The molecule has 0 aliphatic rings. The number of nitrogens with zero attached hydrogens (tertiary/aromatic N) is 1. The van der Waals surface area contributed by atoms with Crippen LogP contribution in [-0.4, -0.2) is 36.6 Å². The maximum atomic E-state index is 14.4. The fourth-order valence-corrected chi connectivity index (χ4v) is 2.99. The lowest BCUT2D eigenvalue weighted by atomic mass is 9.73. The van der Waals surface area contributed by atoms with Gasteiger partial charge < -0.3 is 10.0 Å². The van der Waals surface area contributed by atoms with Gasteiger partial charge in [-0.3, -0.25) is 4.79 Å². The van der Waals surface area contributed by atoms with E-state index in [1.54, 1.807) is 18.2 Å². The minimum atomic E-state index is -1.23. The molecule has 1 N–H and O–H groups in total. The molecule has 0 amide bonds. The normalized spacial score (nSPS) is 13.7. The third-order valence-corrected chi connectivity index (χ3v) is 4.47. The van der Waals surface area contributed by atoms with E-state index in [2.05, 4.69) is 0 Å². The average Bonchev–Trinajstić information content (AvgIpc) is 2.57. The molecular formula is C20H24FNO2. The van der Waals surface area contributed by atoms with Gasteiger partial charge in [0, 0.05) is 5.56 Å². The molecule has 0 aliphatic heterocycles. The van der Waals surface area contributed by atoms with Crippen LogP contribution >= 0.6 is 0 Å². The number of benzene rings is 2. The lowest BCUT2D eigenvalue weighted by Crippen LogP contribution is -2.40. The quantitative estimate of drug-likeness (QED) is 0.802. The molecule has 4 heteroatoms. The van der Waals surface area contributed by atoms with Crippen LogP contribution in [0.3, 0.4) is 0 Å². The first kappa shape index (κ1) is 18.1. The Kier molecular flexibility index (Phi) is 6.10. The molecule has 0 aliphatic carbocycles. The molecule has 1 atom stereocenters. The van der Waals surface area contributed by atoms with Gasteiger partial charge in [0.05, 0.1) is 5.41 Å². The van der Waals surface area contributed by atoms with E-state index in [1.807, 2.05) is 49.3 Å². The van der Waals surface area contributed by atoms with Gasteiger partial charge in [-0.25, -0.2) is 4.39 Å². The highest BCUT2D eigenvalue weighted by Crippen LogP contribution is 2.35. The summed E-state index contributed by atoms with van der Waals surface area (Å²) in [6.45, 7) is 0.579. The lowest BCUT2D eigenvalue weighted by molar-refractivity contribution is -0.144. The van der Waals surface area contributed by atoms with Crippen LogP contribution in [0.5, 0.6) is 0 Å². The highest BCUT2D eigenvalue weighted by molar-refractivity contribution is 5.81. The van der Waals surface area contributed by atoms with Crippen molar-refractivity contribution in [2.24, 2.45) is 0 Å². The minimum absolute atomic E-state index is 0.273. The number of halogens is 1. The van der Waals surface area contributed by atoms with Gasteiger partial charge in [-0.2, -0.15) is 0 Å². The van der Waals surface area contributed by atoms with Crippen molar-refractivity contribution in [2.75, 3.05) is 20.6 Å². The van der Waals surface area contributed by atoms with Gasteiger partial charge in [-0.05, 0) is 51.5 Å². The zero-order valence-corrected chi connectivity index (χ0v) is 14.2. The molecule has 2 aromatic carbocycles. The van der Waals surface area contributed by atoms with Crippen LogP contribution in [0.15, 0.2) is 54.6 Å². The fraction of sp³-hybridized carbons (Fsp3) is 0.350. The monoisotopic (exact) mass is 329 g/mol. The Labute approximate surface area is 142 Å². The molecule has 0 fully saturated rings. The maximum Gasteiger partial charge on any atom is 0.314 e. The van der Waals surface area contributed by atoms with Crippen LogP contribution in [0.25, 0.3) is 0 Å². The van der Waals surface area contributed by atoms with Crippen molar-refractivity contribution in [1.29, 1.82) is 0 Å². The molecule has 0 heterocycles. The summed E-state index contributed by atoms with van der Waals surface area (Å²) in [6.07, 6.45) is 1.32. The first-order chi connectivity index (χ1) is 11.5. The number of aryl methyl sites for hydroxylation is 1. The highest BCUT2D eigenvalue weighted by Gasteiger charge is 2.41. The summed E-state index contributed by atoms with van der Waals surface area (Å²) in [5.74, 6) is -1.42. The summed E-state index contributed by atoms with van der Waals surface area (Å²) < 4.78 is 14.4. The van der Waals surface area contributed by atoms with Crippen molar-refractivity contribution in [2.45, 2.75) is 24.7 Å². The zero-order valence-electron chi connectivity index (χ0n) is 14.2. The molecule has 24 heavy (non-hydrogen) atoms. The number of aliphatic carboxylic acids is 1. The minimum Gasteiger partial charge on any atom is -0.481 e. The van der Waals surface area contributed by atoms with E-state index in [4.69, 9.17) is 0 Å². The highest BCUT2D eigenvalue weighted by atomic mass is 19.1. The van der Waals surface area contributed by atoms with Gasteiger partial charge in [0.2, 0.25) is 0 Å². The van der Waals surface area contributed by atoms with Crippen molar-refractivity contribution in [1.82, 2.24) is 4.90 Å². The molecule has 0 radical (unpaired) electrons. The topological polar surface area (TPSA) is 40.5 Å². The Morgan fingerprint density at radius 2 is 1.67 bits per heavy atom. The Morgan fingerprint density at radius 3 is 2.25 bits per heavy atom. The molecule has 1 unspecified atom stereocenters. The van der Waals surface area contributed by atoms with Crippen molar-refractivity contribution in [3.05, 3.63) is 71.5 Å². The SMILES string of the molecule is CN(C)CCC(CCc1ccccc1)(C(=O)O)c1ccccc1F. The van der Waals surface area contributed by atoms with Crippen molar-refractivity contribution in [3.63, 3.8) is 0 Å². The number of rotatable bonds is 8. The molecule has 128 valence electrons. The summed E-state index contributed by atoms with van der Waals surface area (Å²) in [5.41, 5.74) is 0.102. The van der Waals surface area contributed by atoms with E-state index in [0.29, 0.717) is 25.8 Å². The maximum absolute atomic E-state index is 14.4. The fourth-order valence-electron chi connectivity index (χ4n) is 2.99. The van der Waals surface area contributed by atoms with Crippen molar-refractivity contribution in [3.8, 4) is 0 Å². The second-order valence-electron chi connectivity index (χ2n) is 6.41. The third-order valence-electron chi connectivity index (χ3n) is 4.47. The Hall–Kier alpha value is -2.20. The molecule has 2 aromatic rings. The van der Waals surface area contributed by atoms with Crippen LogP contribution in [0.1, 0.15) is 24.0 Å². The molecule has 0 spiro atoms. The first-order valence-corrected chi connectivity index (χ1v) is 8.13. The molecular weight excluding hydrogens is 305 g/mol. The predicted molar refractivity (Wildman–Crippen MR) is 93.6 cm³/mol. The van der Waals surface area contributed by atoms with Gasteiger partial charge >= 0.3 is 5.97 Å². The Morgan fingerprint density at radius 1 is 1.04 bits per heavy atom. The summed E-state index contributed by atoms with van der Waals surface area (Å²) in [5, 5.41) is 10.0. The lowest BCUT2D eigenvalue weighted by Gasteiger charge is -2.31. The van der Waals surface area contributed by atoms with Gasteiger partial charge in [0.15, 0.2) is 0 Å². The van der Waals surface area contributed by atoms with Gasteiger partial charge in [0.1, 0.15) is 5.82 Å². The summed E-state index contributed by atoms with van der Waals surface area (Å²) >= 11 is 0. The number of hydrogen-bond donors (Lipinski definition) is 1. The van der Waals surface area contributed by atoms with E-state index in [1.165, 1.54) is 6.07 Å². The van der Waals surface area contributed by atoms with E-state index >= 15 is 0 Å². The van der Waals surface area contributed by atoms with Crippen LogP contribution in [0, 0.1) is 5.82 Å². The number of carboxylic acids is 1. The number of hydrogen-bond acceptors (Lipinski definition) is 2. The largest absolute Gasteiger partial charge is 0.481 e. The summed E-state index contributed by atoms with van der Waals surface area (Å²) in [4.78, 5) is 14.2. The first-order valence-electron chi connectivity index (χ1n) is 8.13. The Balaban J connectivity index is 2.38. The van der Waals surface area contributed by atoms with Crippen molar-refractivity contribution < 1.29 is 14.3 Å². The molecule has 0 bridgehead atoms. The van der Waals surface area contributed by atoms with Gasteiger partial charge in [-0.15, -0.1) is 0 Å². The van der Waals surface area contributed by atoms with E-state index in [9.17, 15) is 14.3 Å². The zero-order chi connectivity index (χ0) is 17.6. The predicted octanol–water partition coefficient (Wildman–Crippen LogP) is 3.73. The van der Waals surface area contributed by atoms with Gasteiger partial charge in [-0.1, -0.05) is 48.5 Å². The molecule has 0 saturated carbocycles. The van der Waals surface area contributed by atoms with E-state index in [-0.39, 0.29) is 5.56 Å². The molecule has 0 saturated heterocycles. The Bertz CT molecular complexity index is 672. The van der Waals surface area contributed by atoms with Crippen LogP contribution in [0.2, 0.25) is 0 Å². The molecule has 0 aromatic heterocycles. The average molecular weight is 329 g/mol. The van der Waals surface area contributed by atoms with Crippen molar-refractivity contribution >= 4 is 5.97 Å². The third kappa shape index (κ3) is 4.20. The second-order valence-corrected chi connectivity index (χ2v) is 6.41. The van der Waals surface area contributed by atoms with Crippen LogP contribution < -0.4 is 0 Å². The summed E-state index contributed by atoms with van der Waals surface area (Å²) in [6, 6.07) is 16.0. The standard InChI is InChI=1S/C20H24FNO2/c1-22(2)15-14-20(19(23)24,17-10-6-7-11-18(17)21)13-12-16-8-4-3-5-9-16/h3-11H,12-15H2,1-2H3,(H,23,24). The number of carbonyl (C=O) groups is 1. The van der Waals surface area contributed by atoms with Gasteiger partial charge in [0.25, 0.3) is 0 Å². The number of carboxylic acid groups (broad SMARTS) is 1. The second kappa shape index (κ2) is 8.06. The van der Waals surface area contributed by atoms with Crippen LogP contribution in [0.4, 0.5) is 4.39 Å². The molecule has 2 rings (SSSR count).